The Bertz CT molecular complexity index is 903. The lowest BCUT2D eigenvalue weighted by molar-refractivity contribution is 0.371. The molecule has 1 heterocycles. The Labute approximate surface area is 126 Å². The fraction of sp³-hybridized carbons (Fsp3) is 0. The van der Waals surface area contributed by atoms with Gasteiger partial charge in [-0.2, -0.15) is 0 Å². The zero-order chi connectivity index (χ0) is 15.1. The highest BCUT2D eigenvalue weighted by Crippen LogP contribution is 2.39. The van der Waals surface area contributed by atoms with E-state index in [1.807, 2.05) is 0 Å². The molecule has 0 radical (unpaired) electrons. The summed E-state index contributed by atoms with van der Waals surface area (Å²) in [5.41, 5.74) is 0.152. The quantitative estimate of drug-likeness (QED) is 0.505. The minimum atomic E-state index is -0.744. The summed E-state index contributed by atoms with van der Waals surface area (Å²) >= 11 is 3.31. The molecule has 3 aromatic rings. The van der Waals surface area contributed by atoms with Crippen molar-refractivity contribution in [3.8, 4) is 28.6 Å². The number of phenolic OH excluding ortho intramolecular Hbond substituents is 3. The van der Waals surface area contributed by atoms with Crippen molar-refractivity contribution in [2.24, 2.45) is 0 Å². The molecule has 0 fully saturated rings. The standard InChI is InChI=1S/C14H9BrN2O4/c15-7-3-1-6(2-4-7)13-16-8-5-9(18)11(19)12(20)10(8)14(21)17-13/h1-5,18-20H,(H,16,17,21). The summed E-state index contributed by atoms with van der Waals surface area (Å²) in [5.74, 6) is -1.68. The molecule has 0 aliphatic carbocycles. The van der Waals surface area contributed by atoms with Gasteiger partial charge in [-0.3, -0.25) is 4.79 Å². The fourth-order valence-corrected chi connectivity index (χ4v) is 2.27. The van der Waals surface area contributed by atoms with E-state index >= 15 is 0 Å². The van der Waals surface area contributed by atoms with Gasteiger partial charge in [0.15, 0.2) is 11.5 Å². The van der Waals surface area contributed by atoms with E-state index in [9.17, 15) is 20.1 Å². The van der Waals surface area contributed by atoms with Gasteiger partial charge in [-0.25, -0.2) is 4.98 Å². The van der Waals surface area contributed by atoms with Crippen molar-refractivity contribution in [3.05, 3.63) is 45.2 Å². The van der Waals surface area contributed by atoms with Crippen LogP contribution in [-0.2, 0) is 0 Å². The molecule has 2 aromatic carbocycles. The predicted molar refractivity (Wildman–Crippen MR) is 80.5 cm³/mol. The topological polar surface area (TPSA) is 106 Å². The number of halogens is 1. The van der Waals surface area contributed by atoms with Crippen LogP contribution in [0.15, 0.2) is 39.6 Å². The molecule has 0 aliphatic heterocycles. The second kappa shape index (κ2) is 4.78. The molecular formula is C14H9BrN2O4. The number of phenols is 3. The number of nitrogens with zero attached hydrogens (tertiary/aromatic N) is 1. The van der Waals surface area contributed by atoms with E-state index in [-0.39, 0.29) is 10.9 Å². The summed E-state index contributed by atoms with van der Waals surface area (Å²) in [4.78, 5) is 18.8. The van der Waals surface area contributed by atoms with Crippen LogP contribution in [0.2, 0.25) is 0 Å². The Balaban J connectivity index is 2.31. The summed E-state index contributed by atoms with van der Waals surface area (Å²) in [6.07, 6.45) is 0. The van der Waals surface area contributed by atoms with Crippen molar-refractivity contribution in [2.45, 2.75) is 0 Å². The minimum Gasteiger partial charge on any atom is -0.504 e. The molecule has 0 bridgehead atoms. The van der Waals surface area contributed by atoms with Crippen molar-refractivity contribution < 1.29 is 15.3 Å². The number of hydrogen-bond acceptors (Lipinski definition) is 5. The van der Waals surface area contributed by atoms with Crippen molar-refractivity contribution in [3.63, 3.8) is 0 Å². The van der Waals surface area contributed by atoms with E-state index in [2.05, 4.69) is 25.9 Å². The molecule has 0 saturated carbocycles. The number of aromatic hydroxyl groups is 3. The first kappa shape index (κ1) is 13.4. The molecular weight excluding hydrogens is 340 g/mol. The predicted octanol–water partition coefficient (Wildman–Crippen LogP) is 2.47. The Morgan fingerprint density at radius 3 is 2.38 bits per heavy atom. The van der Waals surface area contributed by atoms with E-state index in [4.69, 9.17) is 0 Å². The molecule has 0 atom stereocenters. The van der Waals surface area contributed by atoms with Crippen molar-refractivity contribution in [2.75, 3.05) is 0 Å². The molecule has 3 rings (SSSR count). The van der Waals surface area contributed by atoms with Gasteiger partial charge in [-0.05, 0) is 12.1 Å². The molecule has 0 unspecified atom stereocenters. The zero-order valence-corrected chi connectivity index (χ0v) is 12.0. The molecule has 4 N–H and O–H groups in total. The van der Waals surface area contributed by atoms with E-state index in [1.54, 1.807) is 24.3 Å². The number of aromatic amines is 1. The number of hydrogen-bond donors (Lipinski definition) is 4. The number of aromatic nitrogens is 2. The van der Waals surface area contributed by atoms with E-state index in [0.717, 1.165) is 10.5 Å². The average molecular weight is 349 g/mol. The second-order valence-corrected chi connectivity index (χ2v) is 5.32. The third-order valence-electron chi connectivity index (χ3n) is 3.04. The summed E-state index contributed by atoms with van der Waals surface area (Å²) in [6.45, 7) is 0. The van der Waals surface area contributed by atoms with Gasteiger partial charge in [0.25, 0.3) is 5.56 Å². The first-order valence-corrected chi connectivity index (χ1v) is 6.70. The number of fused-ring (bicyclic) bond motifs is 1. The summed E-state index contributed by atoms with van der Waals surface area (Å²) < 4.78 is 0.884. The average Bonchev–Trinajstić information content (AvgIpc) is 2.45. The van der Waals surface area contributed by atoms with Crippen molar-refractivity contribution in [1.82, 2.24) is 9.97 Å². The van der Waals surface area contributed by atoms with Gasteiger partial charge in [0, 0.05) is 16.1 Å². The Hall–Kier alpha value is -2.54. The van der Waals surface area contributed by atoms with Crippen LogP contribution in [0.5, 0.6) is 17.2 Å². The number of H-pyrrole nitrogens is 1. The van der Waals surface area contributed by atoms with Gasteiger partial charge in [0.05, 0.1) is 5.52 Å². The highest BCUT2D eigenvalue weighted by molar-refractivity contribution is 9.10. The largest absolute Gasteiger partial charge is 0.504 e. The second-order valence-electron chi connectivity index (χ2n) is 4.41. The Morgan fingerprint density at radius 2 is 1.71 bits per heavy atom. The first-order chi connectivity index (χ1) is 9.97. The van der Waals surface area contributed by atoms with E-state index < -0.39 is 22.8 Å². The summed E-state index contributed by atoms with van der Waals surface area (Å²) in [6, 6.07) is 8.24. The van der Waals surface area contributed by atoms with Gasteiger partial charge in [0.2, 0.25) is 5.75 Å². The van der Waals surface area contributed by atoms with Crippen LogP contribution in [0.3, 0.4) is 0 Å². The summed E-state index contributed by atoms with van der Waals surface area (Å²) in [7, 11) is 0. The molecule has 21 heavy (non-hydrogen) atoms. The minimum absolute atomic E-state index is 0.0875. The molecule has 1 aromatic heterocycles. The highest BCUT2D eigenvalue weighted by atomic mass is 79.9. The molecule has 106 valence electrons. The Morgan fingerprint density at radius 1 is 1.05 bits per heavy atom. The molecule has 0 amide bonds. The highest BCUT2D eigenvalue weighted by Gasteiger charge is 2.16. The lowest BCUT2D eigenvalue weighted by Gasteiger charge is -2.07. The van der Waals surface area contributed by atoms with Crippen LogP contribution >= 0.6 is 15.9 Å². The van der Waals surface area contributed by atoms with Gasteiger partial charge >= 0.3 is 0 Å². The third kappa shape index (κ3) is 2.21. The SMILES string of the molecule is O=c1[nH]c(-c2ccc(Br)cc2)nc2cc(O)c(O)c(O)c12. The van der Waals surface area contributed by atoms with Crippen LogP contribution in [0.1, 0.15) is 0 Å². The summed E-state index contributed by atoms with van der Waals surface area (Å²) in [5, 5.41) is 28.5. The maximum absolute atomic E-state index is 12.1. The Kier molecular flexibility index (Phi) is 3.06. The van der Waals surface area contributed by atoms with Crippen LogP contribution in [-0.4, -0.2) is 25.3 Å². The number of nitrogens with one attached hydrogen (secondary N) is 1. The number of benzene rings is 2. The third-order valence-corrected chi connectivity index (χ3v) is 3.57. The first-order valence-electron chi connectivity index (χ1n) is 5.91. The van der Waals surface area contributed by atoms with Crippen molar-refractivity contribution in [1.29, 1.82) is 0 Å². The maximum Gasteiger partial charge on any atom is 0.262 e. The smallest absolute Gasteiger partial charge is 0.262 e. The molecule has 0 saturated heterocycles. The normalized spacial score (nSPS) is 10.9. The fourth-order valence-electron chi connectivity index (χ4n) is 2.01. The molecule has 7 heteroatoms. The van der Waals surface area contributed by atoms with Gasteiger partial charge in [0.1, 0.15) is 11.2 Å². The maximum atomic E-state index is 12.1. The lowest BCUT2D eigenvalue weighted by atomic mass is 10.1. The van der Waals surface area contributed by atoms with Crippen LogP contribution in [0.25, 0.3) is 22.3 Å². The molecule has 0 spiro atoms. The van der Waals surface area contributed by atoms with Crippen LogP contribution in [0, 0.1) is 0 Å². The van der Waals surface area contributed by atoms with Crippen LogP contribution < -0.4 is 5.56 Å². The van der Waals surface area contributed by atoms with E-state index in [1.165, 1.54) is 0 Å². The van der Waals surface area contributed by atoms with Crippen LogP contribution in [0.4, 0.5) is 0 Å². The lowest BCUT2D eigenvalue weighted by Crippen LogP contribution is -2.09. The van der Waals surface area contributed by atoms with E-state index in [0.29, 0.717) is 11.4 Å². The van der Waals surface area contributed by atoms with Gasteiger partial charge in [-0.1, -0.05) is 28.1 Å². The molecule has 0 aliphatic rings. The monoisotopic (exact) mass is 348 g/mol. The molecule has 6 nitrogen and oxygen atoms in total. The van der Waals surface area contributed by atoms with Crippen molar-refractivity contribution >= 4 is 26.8 Å². The zero-order valence-electron chi connectivity index (χ0n) is 10.5. The number of rotatable bonds is 1. The van der Waals surface area contributed by atoms with Gasteiger partial charge in [-0.15, -0.1) is 0 Å². The van der Waals surface area contributed by atoms with Gasteiger partial charge < -0.3 is 20.3 Å².